The van der Waals surface area contributed by atoms with Crippen molar-refractivity contribution >= 4 is 45.8 Å². The zero-order chi connectivity index (χ0) is 31.4. The second-order valence-corrected chi connectivity index (χ2v) is 11.2. The molecule has 1 amide bonds. The molecule has 3 heterocycles. The van der Waals surface area contributed by atoms with Crippen LogP contribution in [0.1, 0.15) is 37.0 Å². The van der Waals surface area contributed by atoms with E-state index in [9.17, 15) is 9.59 Å². The molecule has 0 spiro atoms. The van der Waals surface area contributed by atoms with Crippen LogP contribution in [0.3, 0.4) is 0 Å². The number of hydrogen-bond donors (Lipinski definition) is 3. The van der Waals surface area contributed by atoms with Gasteiger partial charge in [-0.25, -0.2) is 14.8 Å². The highest BCUT2D eigenvalue weighted by atomic mass is 16.5. The lowest BCUT2D eigenvalue weighted by atomic mass is 10.1. The summed E-state index contributed by atoms with van der Waals surface area (Å²) < 4.78 is 11.3. The summed E-state index contributed by atoms with van der Waals surface area (Å²) in [5.41, 5.74) is 4.22. The minimum absolute atomic E-state index is 0.236. The van der Waals surface area contributed by atoms with Gasteiger partial charge in [0, 0.05) is 54.6 Å². The van der Waals surface area contributed by atoms with E-state index in [2.05, 4.69) is 44.0 Å². The molecule has 5 rings (SSSR count). The van der Waals surface area contributed by atoms with Gasteiger partial charge < -0.3 is 34.9 Å². The average molecular weight is 598 g/mol. The number of esters is 1. The Hall–Kier alpha value is -4.90. The van der Waals surface area contributed by atoms with Crippen molar-refractivity contribution in [1.82, 2.24) is 19.9 Å². The normalized spacial score (nSPS) is 14.9. The Kier molecular flexibility index (Phi) is 9.15. The molecular weight excluding hydrogens is 558 g/mol. The molecule has 0 radical (unpaired) electrons. The van der Waals surface area contributed by atoms with Gasteiger partial charge in [0.15, 0.2) is 0 Å². The van der Waals surface area contributed by atoms with Crippen LogP contribution in [0.15, 0.2) is 61.4 Å². The van der Waals surface area contributed by atoms with Crippen LogP contribution >= 0.6 is 0 Å². The van der Waals surface area contributed by atoms with Crippen LogP contribution in [0.25, 0.3) is 22.2 Å². The molecule has 44 heavy (non-hydrogen) atoms. The Bertz CT molecular complexity index is 1680. The molecule has 1 aliphatic rings. The van der Waals surface area contributed by atoms with Crippen molar-refractivity contribution in [3.8, 4) is 17.0 Å². The Balaban J connectivity index is 1.55. The molecule has 1 saturated heterocycles. The minimum atomic E-state index is -0.515. The van der Waals surface area contributed by atoms with Crippen molar-refractivity contribution in [1.29, 1.82) is 0 Å². The van der Waals surface area contributed by atoms with Crippen molar-refractivity contribution in [2.75, 3.05) is 49.8 Å². The first kappa shape index (κ1) is 30.6. The maximum atomic E-state index is 13.1. The lowest BCUT2D eigenvalue weighted by Gasteiger charge is -2.29. The molecule has 3 N–H and O–H groups in total. The van der Waals surface area contributed by atoms with Gasteiger partial charge in [-0.2, -0.15) is 0 Å². The van der Waals surface area contributed by atoms with E-state index >= 15 is 0 Å². The lowest BCUT2D eigenvalue weighted by Crippen LogP contribution is -2.37. The number of aromatic amines is 1. The Morgan fingerprint density at radius 2 is 2.05 bits per heavy atom. The summed E-state index contributed by atoms with van der Waals surface area (Å²) >= 11 is 0. The molecule has 1 unspecified atom stereocenters. The van der Waals surface area contributed by atoms with Crippen molar-refractivity contribution < 1.29 is 19.1 Å². The molecule has 4 aromatic rings. The topological polar surface area (TPSA) is 125 Å². The highest BCUT2D eigenvalue weighted by molar-refractivity contribution is 6.03. The number of benzene rings is 2. The Labute approximate surface area is 257 Å². The number of fused-ring (bicyclic) bond motifs is 1. The minimum Gasteiger partial charge on any atom is -0.494 e. The number of amides is 1. The molecule has 11 nitrogen and oxygen atoms in total. The van der Waals surface area contributed by atoms with E-state index in [1.807, 2.05) is 43.6 Å². The van der Waals surface area contributed by atoms with Gasteiger partial charge in [-0.3, -0.25) is 4.79 Å². The number of H-pyrrole nitrogens is 1. The summed E-state index contributed by atoms with van der Waals surface area (Å²) in [7, 11) is 5.72. The third-order valence-corrected chi connectivity index (χ3v) is 7.77. The van der Waals surface area contributed by atoms with Gasteiger partial charge in [-0.1, -0.05) is 24.8 Å². The van der Waals surface area contributed by atoms with Gasteiger partial charge in [0.2, 0.25) is 11.9 Å². The zero-order valence-electron chi connectivity index (χ0n) is 25.8. The Morgan fingerprint density at radius 3 is 2.75 bits per heavy atom. The van der Waals surface area contributed by atoms with Gasteiger partial charge >= 0.3 is 5.97 Å². The van der Waals surface area contributed by atoms with Gasteiger partial charge in [0.05, 0.1) is 36.0 Å². The smallest absolute Gasteiger partial charge is 0.342 e. The van der Waals surface area contributed by atoms with Crippen LogP contribution in [0, 0.1) is 0 Å². The van der Waals surface area contributed by atoms with Crippen LogP contribution in [-0.4, -0.2) is 78.2 Å². The molecule has 1 fully saturated rings. The van der Waals surface area contributed by atoms with Crippen LogP contribution in [0.5, 0.6) is 5.75 Å². The van der Waals surface area contributed by atoms with E-state index in [0.29, 0.717) is 28.9 Å². The number of anilines is 4. The summed E-state index contributed by atoms with van der Waals surface area (Å²) in [6, 6.07) is 11.9. The first-order valence-electron chi connectivity index (χ1n) is 14.7. The third-order valence-electron chi connectivity index (χ3n) is 7.77. The fourth-order valence-electron chi connectivity index (χ4n) is 5.52. The number of likely N-dealkylation sites (N-methyl/N-ethyl adjacent to an activating group) is 2. The van der Waals surface area contributed by atoms with Crippen LogP contribution in [0.2, 0.25) is 0 Å². The van der Waals surface area contributed by atoms with Crippen LogP contribution in [-0.2, 0) is 9.53 Å². The maximum absolute atomic E-state index is 13.1. The standard InChI is InChI=1S/C33H39N7O4/c1-7-30(41)36-26-15-27(29(43-6)16-28(26)40(5)19-21-11-10-14-39(21)4)37-33-35-18-24(32(42)44-20(2)3)31(38-33)23-17-34-25-13-9-8-12-22(23)25/h7-9,12-13,15-18,20-21,34H,1,10-11,14,19H2,2-6H3,(H,36,41)(H,35,37,38). The number of carbonyl (C=O) groups is 2. The van der Waals surface area contributed by atoms with Gasteiger partial charge in [-0.05, 0) is 58.5 Å². The summed E-state index contributed by atoms with van der Waals surface area (Å²) in [5, 5.41) is 7.09. The number of likely N-dealkylation sites (tertiary alicyclic amines) is 1. The summed E-state index contributed by atoms with van der Waals surface area (Å²) in [6.45, 7) is 9.05. The number of ether oxygens (including phenoxy) is 2. The second-order valence-electron chi connectivity index (χ2n) is 11.2. The van der Waals surface area contributed by atoms with Crippen LogP contribution in [0.4, 0.5) is 23.0 Å². The van der Waals surface area contributed by atoms with E-state index in [-0.39, 0.29) is 23.5 Å². The number of nitrogens with zero attached hydrogens (tertiary/aromatic N) is 4. The molecule has 0 bridgehead atoms. The number of nitrogens with one attached hydrogen (secondary N) is 3. The molecule has 1 aliphatic heterocycles. The highest BCUT2D eigenvalue weighted by Gasteiger charge is 2.25. The first-order valence-corrected chi connectivity index (χ1v) is 14.7. The van der Waals surface area contributed by atoms with Crippen molar-refractivity contribution in [2.24, 2.45) is 0 Å². The number of aromatic nitrogens is 3. The second kappa shape index (κ2) is 13.2. The molecule has 0 aliphatic carbocycles. The Morgan fingerprint density at radius 1 is 1.25 bits per heavy atom. The fraction of sp³-hybridized carbons (Fsp3) is 0.333. The first-order chi connectivity index (χ1) is 21.2. The van der Waals surface area contributed by atoms with Crippen molar-refractivity contribution in [3.05, 3.63) is 67.0 Å². The molecule has 0 saturated carbocycles. The quantitative estimate of drug-likeness (QED) is 0.150. The average Bonchev–Trinajstić information content (AvgIpc) is 3.62. The fourth-order valence-corrected chi connectivity index (χ4v) is 5.52. The van der Waals surface area contributed by atoms with Crippen molar-refractivity contribution in [2.45, 2.75) is 38.8 Å². The summed E-state index contributed by atoms with van der Waals surface area (Å²) in [6.07, 6.45) is 6.48. The third kappa shape index (κ3) is 6.52. The SMILES string of the molecule is C=CC(=O)Nc1cc(Nc2ncc(C(=O)OC(C)C)c(-c3c[nH]c4ccccc34)n2)c(OC)cc1N(C)CC1CCCN1C. The van der Waals surface area contributed by atoms with E-state index < -0.39 is 5.97 Å². The van der Waals surface area contributed by atoms with Crippen molar-refractivity contribution in [3.63, 3.8) is 0 Å². The van der Waals surface area contributed by atoms with E-state index in [1.165, 1.54) is 12.3 Å². The number of methoxy groups -OCH3 is 1. The number of para-hydroxylation sites is 1. The van der Waals surface area contributed by atoms with E-state index in [4.69, 9.17) is 14.5 Å². The predicted molar refractivity (Wildman–Crippen MR) is 174 cm³/mol. The van der Waals surface area contributed by atoms with Crippen LogP contribution < -0.4 is 20.3 Å². The lowest BCUT2D eigenvalue weighted by molar-refractivity contribution is -0.111. The van der Waals surface area contributed by atoms with Gasteiger partial charge in [-0.15, -0.1) is 0 Å². The molecule has 2 aromatic heterocycles. The molecule has 11 heteroatoms. The number of carbonyl (C=O) groups excluding carboxylic acids is 2. The van der Waals surface area contributed by atoms with Gasteiger partial charge in [0.1, 0.15) is 11.3 Å². The maximum Gasteiger partial charge on any atom is 0.342 e. The number of rotatable bonds is 11. The molecule has 1 atom stereocenters. The zero-order valence-corrected chi connectivity index (χ0v) is 25.8. The molecular formula is C33H39N7O4. The monoisotopic (exact) mass is 597 g/mol. The van der Waals surface area contributed by atoms with Gasteiger partial charge in [0.25, 0.3) is 0 Å². The summed E-state index contributed by atoms with van der Waals surface area (Å²) in [5.74, 6) is -0.0816. The predicted octanol–water partition coefficient (Wildman–Crippen LogP) is 5.60. The highest BCUT2D eigenvalue weighted by Crippen LogP contribution is 2.39. The largest absolute Gasteiger partial charge is 0.494 e. The van der Waals surface area contributed by atoms with E-state index in [1.54, 1.807) is 27.0 Å². The number of hydrogen-bond acceptors (Lipinski definition) is 9. The molecule has 230 valence electrons. The summed E-state index contributed by atoms with van der Waals surface area (Å²) in [4.78, 5) is 42.5. The van der Waals surface area contributed by atoms with E-state index in [0.717, 1.165) is 48.1 Å². The molecule has 2 aromatic carbocycles.